The number of nitrogens with zero attached hydrogens (tertiary/aromatic N) is 1. The number of hydrogen-bond donors (Lipinski definition) is 2. The highest BCUT2D eigenvalue weighted by Crippen LogP contribution is 2.17. The first-order valence-corrected chi connectivity index (χ1v) is 3.67. The molecule has 2 heterocycles. The van der Waals surface area contributed by atoms with Crippen molar-refractivity contribution in [2.24, 2.45) is 0 Å². The van der Waals surface area contributed by atoms with Crippen molar-refractivity contribution in [2.45, 2.75) is 0 Å². The fourth-order valence-corrected chi connectivity index (χ4v) is 1.00. The van der Waals surface area contributed by atoms with Crippen LogP contribution in [0.1, 0.15) is 0 Å². The van der Waals surface area contributed by atoms with Crippen LogP contribution >= 0.6 is 0 Å². The summed E-state index contributed by atoms with van der Waals surface area (Å²) in [5, 5.41) is 2.82. The minimum atomic E-state index is 0.527. The number of hydrogen-bond acceptors (Lipinski definition) is 3. The van der Waals surface area contributed by atoms with Crippen molar-refractivity contribution in [2.75, 3.05) is 12.4 Å². The molecule has 0 aliphatic carbocycles. The topological polar surface area (TPSA) is 53.9 Å². The first-order valence-electron chi connectivity index (χ1n) is 3.67. The Morgan fingerprint density at radius 3 is 3.08 bits per heavy atom. The van der Waals surface area contributed by atoms with E-state index < -0.39 is 0 Å². The number of oxazole rings is 1. The molecule has 0 aliphatic heterocycles. The molecule has 62 valence electrons. The Balaban J connectivity index is 2.35. The van der Waals surface area contributed by atoms with Gasteiger partial charge in [-0.2, -0.15) is 4.98 Å². The van der Waals surface area contributed by atoms with Crippen molar-refractivity contribution in [3.8, 4) is 11.4 Å². The van der Waals surface area contributed by atoms with Crippen LogP contribution in [0.15, 0.2) is 29.0 Å². The molecule has 2 aromatic heterocycles. The summed E-state index contributed by atoms with van der Waals surface area (Å²) < 4.78 is 5.10. The van der Waals surface area contributed by atoms with Gasteiger partial charge < -0.3 is 14.7 Å². The quantitative estimate of drug-likeness (QED) is 0.708. The minimum Gasteiger partial charge on any atom is -0.431 e. The molecule has 0 bridgehead atoms. The second-order valence-corrected chi connectivity index (χ2v) is 2.37. The van der Waals surface area contributed by atoms with Gasteiger partial charge in [0.1, 0.15) is 12.0 Å². The summed E-state index contributed by atoms with van der Waals surface area (Å²) in [6.07, 6.45) is 3.46. The predicted octanol–water partition coefficient (Wildman–Crippen LogP) is 1.71. The van der Waals surface area contributed by atoms with E-state index in [1.807, 2.05) is 18.3 Å². The number of H-pyrrole nitrogens is 1. The van der Waals surface area contributed by atoms with Crippen LogP contribution in [0.4, 0.5) is 6.01 Å². The normalized spacial score (nSPS) is 10.1. The van der Waals surface area contributed by atoms with E-state index in [-0.39, 0.29) is 0 Å². The summed E-state index contributed by atoms with van der Waals surface area (Å²) >= 11 is 0. The molecule has 12 heavy (non-hydrogen) atoms. The number of aromatic nitrogens is 2. The van der Waals surface area contributed by atoms with E-state index in [0.29, 0.717) is 6.01 Å². The molecule has 2 rings (SSSR count). The number of nitrogens with one attached hydrogen (secondary N) is 2. The smallest absolute Gasteiger partial charge is 0.294 e. The molecule has 0 amide bonds. The van der Waals surface area contributed by atoms with Gasteiger partial charge in [0.15, 0.2) is 0 Å². The Morgan fingerprint density at radius 2 is 2.50 bits per heavy atom. The molecule has 0 aromatic carbocycles. The molecule has 0 saturated heterocycles. The largest absolute Gasteiger partial charge is 0.431 e. The average Bonchev–Trinajstić information content (AvgIpc) is 2.75. The lowest BCUT2D eigenvalue weighted by atomic mass is 10.3. The summed E-state index contributed by atoms with van der Waals surface area (Å²) in [6, 6.07) is 4.39. The van der Waals surface area contributed by atoms with E-state index in [0.717, 1.165) is 11.4 Å². The van der Waals surface area contributed by atoms with Crippen LogP contribution in [-0.2, 0) is 0 Å². The lowest BCUT2D eigenvalue weighted by Crippen LogP contribution is -1.86. The lowest BCUT2D eigenvalue weighted by molar-refractivity contribution is 0.576. The van der Waals surface area contributed by atoms with Gasteiger partial charge in [-0.1, -0.05) is 0 Å². The Morgan fingerprint density at radius 1 is 1.58 bits per heavy atom. The van der Waals surface area contributed by atoms with Crippen molar-refractivity contribution >= 4 is 6.01 Å². The molecular weight excluding hydrogens is 154 g/mol. The number of rotatable bonds is 2. The average molecular weight is 163 g/mol. The maximum absolute atomic E-state index is 5.10. The molecule has 0 radical (unpaired) electrons. The Labute approximate surface area is 69.6 Å². The molecule has 2 N–H and O–H groups in total. The molecule has 0 unspecified atom stereocenters. The van der Waals surface area contributed by atoms with Crippen molar-refractivity contribution in [3.05, 3.63) is 24.6 Å². The predicted molar refractivity (Wildman–Crippen MR) is 45.8 cm³/mol. The third-order valence-corrected chi connectivity index (χ3v) is 1.59. The van der Waals surface area contributed by atoms with Crippen LogP contribution in [0, 0.1) is 0 Å². The van der Waals surface area contributed by atoms with Gasteiger partial charge in [0, 0.05) is 13.2 Å². The third kappa shape index (κ3) is 1.07. The van der Waals surface area contributed by atoms with Gasteiger partial charge in [-0.15, -0.1) is 0 Å². The van der Waals surface area contributed by atoms with Crippen LogP contribution in [0.5, 0.6) is 0 Å². The fraction of sp³-hybridized carbons (Fsp3) is 0.125. The first kappa shape index (κ1) is 6.97. The third-order valence-electron chi connectivity index (χ3n) is 1.59. The van der Waals surface area contributed by atoms with Gasteiger partial charge in [-0.05, 0) is 12.1 Å². The molecular formula is C8H9N3O. The first-order chi connectivity index (χ1) is 5.90. The van der Waals surface area contributed by atoms with E-state index in [9.17, 15) is 0 Å². The second kappa shape index (κ2) is 2.73. The molecule has 2 aromatic rings. The molecule has 0 saturated carbocycles. The van der Waals surface area contributed by atoms with Crippen LogP contribution < -0.4 is 5.32 Å². The summed E-state index contributed by atoms with van der Waals surface area (Å²) in [5.74, 6) is 0. The van der Waals surface area contributed by atoms with Crippen molar-refractivity contribution in [1.29, 1.82) is 0 Å². The van der Waals surface area contributed by atoms with Crippen LogP contribution in [0.25, 0.3) is 11.4 Å². The van der Waals surface area contributed by atoms with Crippen LogP contribution in [0.3, 0.4) is 0 Å². The number of aromatic amines is 1. The Bertz CT molecular complexity index is 350. The summed E-state index contributed by atoms with van der Waals surface area (Å²) in [7, 11) is 1.77. The standard InChI is InChI=1S/C8H9N3O/c1-9-8-11-7(5-12-8)6-3-2-4-10-6/h2-5,10H,1H3,(H,9,11). The minimum absolute atomic E-state index is 0.527. The number of anilines is 1. The van der Waals surface area contributed by atoms with E-state index in [1.165, 1.54) is 0 Å². The van der Waals surface area contributed by atoms with E-state index in [4.69, 9.17) is 4.42 Å². The second-order valence-electron chi connectivity index (χ2n) is 2.37. The molecule has 4 nitrogen and oxygen atoms in total. The van der Waals surface area contributed by atoms with Gasteiger partial charge in [0.05, 0.1) is 5.69 Å². The molecule has 0 aliphatic rings. The van der Waals surface area contributed by atoms with Gasteiger partial charge in [-0.3, -0.25) is 0 Å². The van der Waals surface area contributed by atoms with Gasteiger partial charge in [0.25, 0.3) is 6.01 Å². The highest BCUT2D eigenvalue weighted by molar-refractivity contribution is 5.54. The highest BCUT2D eigenvalue weighted by Gasteiger charge is 2.03. The van der Waals surface area contributed by atoms with Gasteiger partial charge in [0.2, 0.25) is 0 Å². The van der Waals surface area contributed by atoms with Gasteiger partial charge >= 0.3 is 0 Å². The van der Waals surface area contributed by atoms with Gasteiger partial charge in [-0.25, -0.2) is 0 Å². The maximum atomic E-state index is 5.10. The summed E-state index contributed by atoms with van der Waals surface area (Å²) in [4.78, 5) is 7.20. The zero-order valence-electron chi connectivity index (χ0n) is 6.66. The van der Waals surface area contributed by atoms with E-state index in [2.05, 4.69) is 15.3 Å². The van der Waals surface area contributed by atoms with Crippen LogP contribution in [0.2, 0.25) is 0 Å². The highest BCUT2D eigenvalue weighted by atomic mass is 16.4. The van der Waals surface area contributed by atoms with Crippen molar-refractivity contribution in [1.82, 2.24) is 9.97 Å². The van der Waals surface area contributed by atoms with E-state index >= 15 is 0 Å². The SMILES string of the molecule is CNc1nc(-c2ccc[nH]2)co1. The molecule has 0 atom stereocenters. The van der Waals surface area contributed by atoms with Crippen molar-refractivity contribution < 1.29 is 4.42 Å². The Hall–Kier alpha value is -1.71. The lowest BCUT2D eigenvalue weighted by Gasteiger charge is -1.87. The van der Waals surface area contributed by atoms with Crippen molar-refractivity contribution in [3.63, 3.8) is 0 Å². The molecule has 0 spiro atoms. The summed E-state index contributed by atoms with van der Waals surface area (Å²) in [5.41, 5.74) is 1.77. The molecule has 0 fully saturated rings. The maximum Gasteiger partial charge on any atom is 0.294 e. The molecule has 4 heteroatoms. The Kier molecular flexibility index (Phi) is 1.59. The van der Waals surface area contributed by atoms with Crippen LogP contribution in [-0.4, -0.2) is 17.0 Å². The summed E-state index contributed by atoms with van der Waals surface area (Å²) in [6.45, 7) is 0. The fourth-order valence-electron chi connectivity index (χ4n) is 1.00. The monoisotopic (exact) mass is 163 g/mol. The van der Waals surface area contributed by atoms with E-state index in [1.54, 1.807) is 13.3 Å². The zero-order valence-corrected chi connectivity index (χ0v) is 6.66. The zero-order chi connectivity index (χ0) is 8.39.